The average molecular weight is 492 g/mol. The van der Waals surface area contributed by atoms with Gasteiger partial charge in [-0.3, -0.25) is 0 Å². The lowest BCUT2D eigenvalue weighted by molar-refractivity contribution is -0.870. The van der Waals surface area contributed by atoms with E-state index in [1.54, 1.807) is 7.11 Å². The summed E-state index contributed by atoms with van der Waals surface area (Å²) in [6.45, 7) is 4.09. The molecule has 0 saturated carbocycles. The molecule has 0 heterocycles. The fourth-order valence-corrected chi connectivity index (χ4v) is 4.31. The number of likely N-dealkylation sites (N-methyl/N-ethyl adjacent to an activating group) is 1. The topological polar surface area (TPSA) is 67.8 Å². The molecule has 0 rings (SSSR count). The van der Waals surface area contributed by atoms with Crippen LogP contribution in [-0.2, 0) is 18.6 Å². The van der Waals surface area contributed by atoms with E-state index < -0.39 is 7.60 Å². The third kappa shape index (κ3) is 24.7. The van der Waals surface area contributed by atoms with Gasteiger partial charge in [0.05, 0.1) is 33.9 Å². The highest BCUT2D eigenvalue weighted by atomic mass is 31.2. The van der Waals surface area contributed by atoms with Crippen molar-refractivity contribution in [1.82, 2.24) is 0 Å². The second kappa shape index (κ2) is 21.1. The van der Waals surface area contributed by atoms with Gasteiger partial charge in [0.15, 0.2) is 7.60 Å². The second-order valence-corrected chi connectivity index (χ2v) is 11.8. The molecule has 0 aliphatic rings. The molecular formula is C26H54NO5P. The van der Waals surface area contributed by atoms with Crippen molar-refractivity contribution < 1.29 is 27.9 Å². The minimum Gasteiger partial charge on any atom is -0.775 e. The van der Waals surface area contributed by atoms with Crippen LogP contribution >= 0.6 is 7.60 Å². The molecule has 33 heavy (non-hydrogen) atoms. The Morgan fingerprint density at radius 1 is 0.818 bits per heavy atom. The summed E-state index contributed by atoms with van der Waals surface area (Å²) in [6, 6.07) is 0. The van der Waals surface area contributed by atoms with Crippen LogP contribution in [0.1, 0.15) is 96.8 Å². The predicted octanol–water partition coefficient (Wildman–Crippen LogP) is 6.29. The molecule has 0 spiro atoms. The monoisotopic (exact) mass is 491 g/mol. The summed E-state index contributed by atoms with van der Waals surface area (Å²) in [5, 5.41) is 0. The first-order valence-electron chi connectivity index (χ1n) is 13.3. The summed E-state index contributed by atoms with van der Waals surface area (Å²) in [5.41, 5.74) is 0. The predicted molar refractivity (Wildman–Crippen MR) is 138 cm³/mol. The first kappa shape index (κ1) is 32.8. The van der Waals surface area contributed by atoms with Gasteiger partial charge in [-0.1, -0.05) is 90.4 Å². The van der Waals surface area contributed by atoms with E-state index in [0.717, 1.165) is 12.2 Å². The van der Waals surface area contributed by atoms with Crippen molar-refractivity contribution in [3.63, 3.8) is 0 Å². The molecule has 0 saturated heterocycles. The number of rotatable bonds is 24. The minimum atomic E-state index is -4.00. The fraction of sp³-hybridized carbons (Fsp3) is 0.923. The van der Waals surface area contributed by atoms with E-state index in [4.69, 9.17) is 14.0 Å². The van der Waals surface area contributed by atoms with Gasteiger partial charge in [-0.15, -0.1) is 0 Å². The third-order valence-electron chi connectivity index (χ3n) is 5.74. The van der Waals surface area contributed by atoms with E-state index in [1.807, 2.05) is 21.1 Å². The number of methoxy groups -OCH3 is 1. The number of quaternary nitrogens is 1. The van der Waals surface area contributed by atoms with Gasteiger partial charge in [-0.25, -0.2) is 0 Å². The van der Waals surface area contributed by atoms with Crippen LogP contribution in [0.3, 0.4) is 0 Å². The van der Waals surface area contributed by atoms with E-state index in [-0.39, 0.29) is 12.7 Å². The quantitative estimate of drug-likeness (QED) is 0.0902. The molecule has 6 nitrogen and oxygen atoms in total. The number of hydrogen-bond acceptors (Lipinski definition) is 5. The van der Waals surface area contributed by atoms with Crippen molar-refractivity contribution in [2.75, 3.05) is 54.6 Å². The van der Waals surface area contributed by atoms with Gasteiger partial charge in [-0.2, -0.15) is 0 Å². The van der Waals surface area contributed by atoms with Crippen molar-refractivity contribution in [2.45, 2.75) is 103 Å². The average Bonchev–Trinajstić information content (AvgIpc) is 2.74. The molecule has 7 heteroatoms. The van der Waals surface area contributed by atoms with E-state index in [9.17, 15) is 9.46 Å². The molecule has 0 bridgehead atoms. The van der Waals surface area contributed by atoms with Crippen molar-refractivity contribution in [3.05, 3.63) is 11.9 Å². The largest absolute Gasteiger partial charge is 0.775 e. The van der Waals surface area contributed by atoms with Crippen LogP contribution in [0.25, 0.3) is 0 Å². The SMILES string of the molecule is CCCCCCCCCCCCCCCCOC[C@@H](C=CP(=O)([O-])OCC[N+](C)(C)C)OC. The Kier molecular flexibility index (Phi) is 20.9. The molecule has 0 fully saturated rings. The summed E-state index contributed by atoms with van der Waals surface area (Å²) in [6.07, 6.45) is 19.8. The Labute approximate surface area is 205 Å². The summed E-state index contributed by atoms with van der Waals surface area (Å²) < 4.78 is 28.6. The highest BCUT2D eigenvalue weighted by molar-refractivity contribution is 7.54. The van der Waals surface area contributed by atoms with Gasteiger partial charge in [0, 0.05) is 13.7 Å². The zero-order valence-electron chi connectivity index (χ0n) is 22.4. The highest BCUT2D eigenvalue weighted by Gasteiger charge is 2.11. The van der Waals surface area contributed by atoms with Crippen LogP contribution in [0.15, 0.2) is 11.9 Å². The molecule has 0 radical (unpaired) electrons. The van der Waals surface area contributed by atoms with E-state index in [2.05, 4.69) is 6.92 Å². The van der Waals surface area contributed by atoms with E-state index >= 15 is 0 Å². The molecule has 1 unspecified atom stereocenters. The van der Waals surface area contributed by atoms with E-state index in [0.29, 0.717) is 24.2 Å². The lowest BCUT2D eigenvalue weighted by Gasteiger charge is -2.26. The normalized spacial score (nSPS) is 15.2. The molecule has 0 amide bonds. The molecular weight excluding hydrogens is 437 g/mol. The van der Waals surface area contributed by atoms with Crippen LogP contribution in [0.5, 0.6) is 0 Å². The molecule has 0 aromatic carbocycles. The van der Waals surface area contributed by atoms with Gasteiger partial charge < -0.3 is 27.9 Å². The molecule has 198 valence electrons. The van der Waals surface area contributed by atoms with Gasteiger partial charge >= 0.3 is 0 Å². The van der Waals surface area contributed by atoms with Gasteiger partial charge in [-0.05, 0) is 18.3 Å². The van der Waals surface area contributed by atoms with Crippen LogP contribution in [-0.4, -0.2) is 65.2 Å². The Hall–Kier alpha value is -0.230. The Morgan fingerprint density at radius 3 is 1.76 bits per heavy atom. The number of nitrogens with zero attached hydrogens (tertiary/aromatic N) is 1. The number of unbranched alkanes of at least 4 members (excludes halogenated alkanes) is 13. The van der Waals surface area contributed by atoms with Crippen molar-refractivity contribution >= 4 is 7.60 Å². The zero-order chi connectivity index (χ0) is 24.8. The highest BCUT2D eigenvalue weighted by Crippen LogP contribution is 2.38. The molecule has 0 aromatic heterocycles. The summed E-state index contributed by atoms with van der Waals surface area (Å²) in [5.74, 6) is 1.10. The van der Waals surface area contributed by atoms with Crippen molar-refractivity contribution in [3.8, 4) is 0 Å². The summed E-state index contributed by atoms with van der Waals surface area (Å²) >= 11 is 0. The Morgan fingerprint density at radius 2 is 1.30 bits per heavy atom. The molecule has 0 N–H and O–H groups in total. The van der Waals surface area contributed by atoms with E-state index in [1.165, 1.54) is 89.5 Å². The fourth-order valence-electron chi connectivity index (χ4n) is 3.49. The summed E-state index contributed by atoms with van der Waals surface area (Å²) in [4.78, 5) is 12.0. The zero-order valence-corrected chi connectivity index (χ0v) is 23.3. The van der Waals surface area contributed by atoms with Crippen LogP contribution in [0, 0.1) is 0 Å². The second-order valence-electron chi connectivity index (χ2n) is 10.2. The standard InChI is InChI=1S/C26H54NO5P/c1-6-7-8-9-10-11-12-13-14-15-16-17-18-19-22-31-25-26(30-5)20-24-33(28,29)32-23-21-27(2,3)4/h20,24,26H,6-19,21-23,25H2,1-5H3/t26-/m1/s1. The van der Waals surface area contributed by atoms with Crippen molar-refractivity contribution in [2.24, 2.45) is 0 Å². The first-order valence-corrected chi connectivity index (χ1v) is 14.9. The van der Waals surface area contributed by atoms with Crippen LogP contribution in [0.4, 0.5) is 0 Å². The van der Waals surface area contributed by atoms with Gasteiger partial charge in [0.2, 0.25) is 0 Å². The van der Waals surface area contributed by atoms with Crippen LogP contribution < -0.4 is 4.89 Å². The Balaban J connectivity index is 3.62. The first-order chi connectivity index (χ1) is 15.7. The maximum atomic E-state index is 12.0. The number of ether oxygens (including phenoxy) is 2. The Bertz CT molecular complexity index is 507. The third-order valence-corrected chi connectivity index (χ3v) is 6.82. The van der Waals surface area contributed by atoms with Gasteiger partial charge in [0.25, 0.3) is 0 Å². The molecule has 0 aromatic rings. The van der Waals surface area contributed by atoms with Crippen LogP contribution in [0.2, 0.25) is 0 Å². The minimum absolute atomic E-state index is 0.169. The maximum absolute atomic E-state index is 12.0. The van der Waals surface area contributed by atoms with Gasteiger partial charge in [0.1, 0.15) is 13.2 Å². The number of hydrogen-bond donors (Lipinski definition) is 0. The molecule has 2 atom stereocenters. The molecule has 0 aliphatic heterocycles. The summed E-state index contributed by atoms with van der Waals surface area (Å²) in [7, 11) is 3.53. The smallest absolute Gasteiger partial charge is 0.157 e. The lowest BCUT2D eigenvalue weighted by Crippen LogP contribution is -2.37. The van der Waals surface area contributed by atoms with Crippen molar-refractivity contribution in [1.29, 1.82) is 0 Å². The molecule has 0 aliphatic carbocycles. The maximum Gasteiger partial charge on any atom is 0.157 e. The lowest BCUT2D eigenvalue weighted by atomic mass is 10.0.